The van der Waals surface area contributed by atoms with E-state index in [1.165, 1.54) is 4.57 Å². The Kier molecular flexibility index (Phi) is 3.89. The lowest BCUT2D eigenvalue weighted by molar-refractivity contribution is -0.0223. The quantitative estimate of drug-likeness (QED) is 0.744. The first-order chi connectivity index (χ1) is 10.3. The third kappa shape index (κ3) is 2.72. The van der Waals surface area contributed by atoms with E-state index >= 15 is 0 Å². The molecule has 0 spiro atoms. The van der Waals surface area contributed by atoms with Gasteiger partial charge in [0.15, 0.2) is 0 Å². The van der Waals surface area contributed by atoms with E-state index < -0.39 is 5.92 Å². The third-order valence-corrected chi connectivity index (χ3v) is 4.68. The van der Waals surface area contributed by atoms with Crippen molar-refractivity contribution >= 4 is 44.4 Å². The van der Waals surface area contributed by atoms with Crippen LogP contribution in [0.2, 0.25) is 5.02 Å². The highest BCUT2D eigenvalue weighted by molar-refractivity contribution is 9.10. The second-order valence-corrected chi connectivity index (χ2v) is 6.69. The molecule has 8 heteroatoms. The van der Waals surface area contributed by atoms with Gasteiger partial charge in [0.25, 0.3) is 11.5 Å². The SMILES string of the molecule is Cn1c(N2CCC(F)(F)CC2)nc2c(Br)cc(Cl)cc2c1=O. The van der Waals surface area contributed by atoms with Gasteiger partial charge in [0.2, 0.25) is 5.95 Å². The molecule has 0 atom stereocenters. The topological polar surface area (TPSA) is 38.1 Å². The molecule has 1 aliphatic heterocycles. The number of aromatic nitrogens is 2. The molecule has 1 saturated heterocycles. The van der Waals surface area contributed by atoms with Crippen molar-refractivity contribution in [1.29, 1.82) is 0 Å². The molecular formula is C14H13BrClF2N3O. The Morgan fingerprint density at radius 1 is 1.32 bits per heavy atom. The Morgan fingerprint density at radius 3 is 2.59 bits per heavy atom. The molecule has 0 N–H and O–H groups in total. The van der Waals surface area contributed by atoms with Crippen LogP contribution in [0.4, 0.5) is 14.7 Å². The summed E-state index contributed by atoms with van der Waals surface area (Å²) >= 11 is 9.32. The summed E-state index contributed by atoms with van der Waals surface area (Å²) in [6, 6.07) is 3.22. The minimum Gasteiger partial charge on any atom is -0.342 e. The lowest BCUT2D eigenvalue weighted by Gasteiger charge is -2.33. The fourth-order valence-electron chi connectivity index (χ4n) is 2.61. The predicted molar refractivity (Wildman–Crippen MR) is 86.1 cm³/mol. The number of fused-ring (bicyclic) bond motifs is 1. The number of rotatable bonds is 1. The second kappa shape index (κ2) is 5.45. The predicted octanol–water partition coefficient (Wildman–Crippen LogP) is 3.58. The monoisotopic (exact) mass is 391 g/mol. The Morgan fingerprint density at radius 2 is 1.95 bits per heavy atom. The zero-order chi connectivity index (χ0) is 16.1. The van der Waals surface area contributed by atoms with E-state index in [0.717, 1.165) is 0 Å². The van der Waals surface area contributed by atoms with Crippen LogP contribution in [-0.4, -0.2) is 28.6 Å². The smallest absolute Gasteiger partial charge is 0.262 e. The van der Waals surface area contributed by atoms with Gasteiger partial charge in [-0.1, -0.05) is 11.6 Å². The zero-order valence-electron chi connectivity index (χ0n) is 11.7. The first-order valence-electron chi connectivity index (χ1n) is 6.77. The largest absolute Gasteiger partial charge is 0.342 e. The number of alkyl halides is 2. The molecule has 0 radical (unpaired) electrons. The lowest BCUT2D eigenvalue weighted by Crippen LogP contribution is -2.42. The van der Waals surface area contributed by atoms with Gasteiger partial charge in [-0.15, -0.1) is 0 Å². The minimum atomic E-state index is -2.64. The lowest BCUT2D eigenvalue weighted by atomic mass is 10.1. The second-order valence-electron chi connectivity index (χ2n) is 5.40. The first kappa shape index (κ1) is 15.7. The van der Waals surface area contributed by atoms with E-state index in [-0.39, 0.29) is 31.5 Å². The fraction of sp³-hybridized carbons (Fsp3) is 0.429. The molecule has 1 fully saturated rings. The number of hydrogen-bond donors (Lipinski definition) is 0. The molecule has 2 heterocycles. The molecule has 1 aromatic heterocycles. The zero-order valence-corrected chi connectivity index (χ0v) is 14.1. The van der Waals surface area contributed by atoms with Gasteiger partial charge >= 0.3 is 0 Å². The maximum atomic E-state index is 13.3. The van der Waals surface area contributed by atoms with Gasteiger partial charge in [0.05, 0.1) is 10.9 Å². The van der Waals surface area contributed by atoms with Gasteiger partial charge < -0.3 is 4.90 Å². The van der Waals surface area contributed by atoms with Gasteiger partial charge in [-0.05, 0) is 28.1 Å². The van der Waals surface area contributed by atoms with Crippen LogP contribution >= 0.6 is 27.5 Å². The summed E-state index contributed by atoms with van der Waals surface area (Å²) in [7, 11) is 1.59. The molecule has 1 aromatic carbocycles. The maximum Gasteiger partial charge on any atom is 0.262 e. The van der Waals surface area contributed by atoms with Crippen molar-refractivity contribution in [3.63, 3.8) is 0 Å². The van der Waals surface area contributed by atoms with Crippen molar-refractivity contribution in [2.24, 2.45) is 7.05 Å². The third-order valence-electron chi connectivity index (χ3n) is 3.85. The van der Waals surface area contributed by atoms with Gasteiger partial charge in [-0.2, -0.15) is 0 Å². The minimum absolute atomic E-state index is 0.171. The standard InChI is InChI=1S/C14H13BrClF2N3O/c1-20-12(22)9-6-8(16)7-10(15)11(9)19-13(20)21-4-2-14(17,18)3-5-21/h6-7H,2-5H2,1H3. The van der Waals surface area contributed by atoms with Crippen molar-refractivity contribution < 1.29 is 8.78 Å². The highest BCUT2D eigenvalue weighted by Crippen LogP contribution is 2.31. The number of anilines is 1. The van der Waals surface area contributed by atoms with Gasteiger partial charge in [-0.25, -0.2) is 13.8 Å². The first-order valence-corrected chi connectivity index (χ1v) is 7.94. The summed E-state index contributed by atoms with van der Waals surface area (Å²) < 4.78 is 28.6. The number of benzene rings is 1. The van der Waals surface area contributed by atoms with Gasteiger partial charge in [0, 0.05) is 42.5 Å². The molecule has 0 amide bonds. The summed E-state index contributed by atoms with van der Waals surface area (Å²) in [6.45, 7) is 0.341. The molecule has 0 unspecified atom stereocenters. The highest BCUT2D eigenvalue weighted by atomic mass is 79.9. The van der Waals surface area contributed by atoms with E-state index in [1.54, 1.807) is 24.1 Å². The van der Waals surface area contributed by atoms with Crippen LogP contribution in [0.1, 0.15) is 12.8 Å². The number of halogens is 4. The van der Waals surface area contributed by atoms with Crippen molar-refractivity contribution in [3.8, 4) is 0 Å². The highest BCUT2D eigenvalue weighted by Gasteiger charge is 2.35. The molecule has 22 heavy (non-hydrogen) atoms. The Hall–Kier alpha value is -1.21. The molecule has 0 saturated carbocycles. The van der Waals surface area contributed by atoms with E-state index in [4.69, 9.17) is 11.6 Å². The van der Waals surface area contributed by atoms with Crippen molar-refractivity contribution in [2.75, 3.05) is 18.0 Å². The van der Waals surface area contributed by atoms with Crippen molar-refractivity contribution in [3.05, 3.63) is 32.0 Å². The molecular weight excluding hydrogens is 380 g/mol. The molecule has 3 rings (SSSR count). The van der Waals surface area contributed by atoms with E-state index in [2.05, 4.69) is 20.9 Å². The van der Waals surface area contributed by atoms with E-state index in [0.29, 0.717) is 26.3 Å². The van der Waals surface area contributed by atoms with E-state index in [1.807, 2.05) is 0 Å². The number of piperidine rings is 1. The Balaban J connectivity index is 2.12. The summed E-state index contributed by atoms with van der Waals surface area (Å²) in [5.41, 5.74) is 0.236. The molecule has 0 aliphatic carbocycles. The molecule has 2 aromatic rings. The average molecular weight is 393 g/mol. The van der Waals surface area contributed by atoms with E-state index in [9.17, 15) is 13.6 Å². The molecule has 4 nitrogen and oxygen atoms in total. The summed E-state index contributed by atoms with van der Waals surface area (Å²) in [6.07, 6.45) is -0.467. The molecule has 0 bridgehead atoms. The van der Waals surface area contributed by atoms with Crippen molar-refractivity contribution in [2.45, 2.75) is 18.8 Å². The number of hydrogen-bond acceptors (Lipinski definition) is 3. The van der Waals surface area contributed by atoms with Gasteiger partial charge in [0.1, 0.15) is 0 Å². The van der Waals surface area contributed by atoms with Crippen LogP contribution in [0, 0.1) is 0 Å². The maximum absolute atomic E-state index is 13.3. The van der Waals surface area contributed by atoms with Crippen LogP contribution in [0.25, 0.3) is 10.9 Å². The van der Waals surface area contributed by atoms with Gasteiger partial charge in [-0.3, -0.25) is 9.36 Å². The molecule has 1 aliphatic rings. The van der Waals surface area contributed by atoms with Crippen LogP contribution < -0.4 is 10.5 Å². The average Bonchev–Trinajstić information content (AvgIpc) is 2.44. The summed E-state index contributed by atoms with van der Waals surface area (Å²) in [5, 5.41) is 0.830. The van der Waals surface area contributed by atoms with Crippen LogP contribution in [0.15, 0.2) is 21.4 Å². The Labute approximate surface area is 138 Å². The Bertz CT molecular complexity index is 799. The van der Waals surface area contributed by atoms with Crippen LogP contribution in [-0.2, 0) is 7.05 Å². The van der Waals surface area contributed by atoms with Crippen LogP contribution in [0.5, 0.6) is 0 Å². The fourth-order valence-corrected chi connectivity index (χ4v) is 3.50. The number of nitrogens with zero attached hydrogens (tertiary/aromatic N) is 3. The molecule has 118 valence electrons. The van der Waals surface area contributed by atoms with Crippen LogP contribution in [0.3, 0.4) is 0 Å². The van der Waals surface area contributed by atoms with Crippen molar-refractivity contribution in [1.82, 2.24) is 9.55 Å². The normalized spacial score (nSPS) is 18.0. The summed E-state index contributed by atoms with van der Waals surface area (Å²) in [4.78, 5) is 18.7. The summed E-state index contributed by atoms with van der Waals surface area (Å²) in [5.74, 6) is -2.24.